The van der Waals surface area contributed by atoms with Gasteiger partial charge in [-0.1, -0.05) is 13.3 Å². The van der Waals surface area contributed by atoms with Crippen molar-refractivity contribution in [3.05, 3.63) is 0 Å². The highest BCUT2D eigenvalue weighted by molar-refractivity contribution is 5.82. The van der Waals surface area contributed by atoms with Gasteiger partial charge in [0.15, 0.2) is 5.78 Å². The topological polar surface area (TPSA) is 57.5 Å². The molecule has 0 aromatic carbocycles. The molecule has 0 amide bonds. The summed E-state index contributed by atoms with van der Waals surface area (Å²) in [4.78, 5) is 10.9. The lowest BCUT2D eigenvalue weighted by Gasteiger charge is -2.05. The first kappa shape index (κ1) is 10.6. The highest BCUT2D eigenvalue weighted by Crippen LogP contribution is 2.01. The third kappa shape index (κ3) is 4.93. The average molecular weight is 160 g/mol. The Kier molecular flexibility index (Phi) is 6.07. The molecule has 0 rings (SSSR count). The lowest BCUT2D eigenvalue weighted by Crippen LogP contribution is -2.21. The van der Waals surface area contributed by atoms with E-state index in [1.54, 1.807) is 0 Å². The lowest BCUT2D eigenvalue weighted by molar-refractivity contribution is -0.127. The van der Waals surface area contributed by atoms with Crippen LogP contribution in [0, 0.1) is 0 Å². The van der Waals surface area contributed by atoms with Crippen LogP contribution in [0.25, 0.3) is 0 Å². The number of carbonyl (C=O) groups is 1. The Bertz CT molecular complexity index is 112. The summed E-state index contributed by atoms with van der Waals surface area (Å²) >= 11 is 0. The van der Waals surface area contributed by atoms with Crippen LogP contribution in [0.3, 0.4) is 0 Å². The molecule has 0 aliphatic heterocycles. The molecule has 0 spiro atoms. The fourth-order valence-corrected chi connectivity index (χ4v) is 0.801. The van der Waals surface area contributed by atoms with Gasteiger partial charge in [0.05, 0.1) is 0 Å². The van der Waals surface area contributed by atoms with Crippen LogP contribution in [0.5, 0.6) is 0 Å². The molecule has 1 atom stereocenters. The molecule has 0 aromatic heterocycles. The number of hydrogen-bond acceptors (Lipinski definition) is 3. The molecule has 0 aromatic rings. The molecule has 0 fully saturated rings. The molecule has 2 N–H and O–H groups in total. The van der Waals surface area contributed by atoms with E-state index in [2.05, 4.69) is 0 Å². The van der Waals surface area contributed by atoms with Crippen LogP contribution in [0.4, 0.5) is 0 Å². The van der Waals surface area contributed by atoms with Crippen LogP contribution < -0.4 is 0 Å². The molecular formula is C8H16O3. The molecule has 3 heteroatoms. The first-order valence-corrected chi connectivity index (χ1v) is 4.04. The van der Waals surface area contributed by atoms with Crippen LogP contribution >= 0.6 is 0 Å². The van der Waals surface area contributed by atoms with E-state index in [1.165, 1.54) is 0 Å². The van der Waals surface area contributed by atoms with Gasteiger partial charge in [0.1, 0.15) is 6.10 Å². The van der Waals surface area contributed by atoms with E-state index < -0.39 is 6.10 Å². The molecule has 0 bridgehead atoms. The third-order valence-electron chi connectivity index (χ3n) is 1.55. The van der Waals surface area contributed by atoms with Crippen LogP contribution in [0.2, 0.25) is 0 Å². The van der Waals surface area contributed by atoms with Crippen molar-refractivity contribution >= 4 is 5.78 Å². The second-order valence-electron chi connectivity index (χ2n) is 2.60. The van der Waals surface area contributed by atoms with Gasteiger partial charge in [0.25, 0.3) is 0 Å². The average Bonchev–Trinajstić information content (AvgIpc) is 2.00. The molecule has 0 saturated carbocycles. The second-order valence-corrected chi connectivity index (χ2v) is 2.60. The zero-order valence-corrected chi connectivity index (χ0v) is 6.92. The SMILES string of the molecule is CCCCC(=O)C(O)CCO. The van der Waals surface area contributed by atoms with Gasteiger partial charge in [-0.3, -0.25) is 4.79 Å². The van der Waals surface area contributed by atoms with Crippen LogP contribution in [0.15, 0.2) is 0 Å². The Labute approximate surface area is 67.0 Å². The van der Waals surface area contributed by atoms with Gasteiger partial charge in [-0.15, -0.1) is 0 Å². The minimum absolute atomic E-state index is 0.126. The van der Waals surface area contributed by atoms with E-state index in [4.69, 9.17) is 10.2 Å². The maximum Gasteiger partial charge on any atom is 0.161 e. The van der Waals surface area contributed by atoms with E-state index in [0.29, 0.717) is 6.42 Å². The van der Waals surface area contributed by atoms with Gasteiger partial charge in [0, 0.05) is 19.4 Å². The van der Waals surface area contributed by atoms with E-state index in [9.17, 15) is 4.79 Å². The Morgan fingerprint density at radius 3 is 2.64 bits per heavy atom. The van der Waals surface area contributed by atoms with Crippen molar-refractivity contribution in [3.8, 4) is 0 Å². The highest BCUT2D eigenvalue weighted by Gasteiger charge is 2.12. The first-order valence-electron chi connectivity index (χ1n) is 4.04. The van der Waals surface area contributed by atoms with Crippen molar-refractivity contribution in [3.63, 3.8) is 0 Å². The molecular weight excluding hydrogens is 144 g/mol. The number of ketones is 1. The van der Waals surface area contributed by atoms with Gasteiger partial charge in [-0.2, -0.15) is 0 Å². The molecule has 0 heterocycles. The number of rotatable bonds is 6. The second kappa shape index (κ2) is 6.31. The van der Waals surface area contributed by atoms with Crippen LogP contribution in [-0.2, 0) is 4.79 Å². The maximum absolute atomic E-state index is 10.9. The summed E-state index contributed by atoms with van der Waals surface area (Å²) in [6.07, 6.45) is 1.42. The Morgan fingerprint density at radius 2 is 2.18 bits per heavy atom. The number of aliphatic hydroxyl groups is 2. The smallest absolute Gasteiger partial charge is 0.161 e. The summed E-state index contributed by atoms with van der Waals surface area (Å²) in [5.41, 5.74) is 0. The molecule has 66 valence electrons. The molecule has 1 unspecified atom stereocenters. The van der Waals surface area contributed by atoms with E-state index in [1.807, 2.05) is 6.92 Å². The zero-order chi connectivity index (χ0) is 8.69. The third-order valence-corrected chi connectivity index (χ3v) is 1.55. The van der Waals surface area contributed by atoms with Crippen LogP contribution in [0.1, 0.15) is 32.6 Å². The molecule has 0 aliphatic carbocycles. The summed E-state index contributed by atoms with van der Waals surface area (Å²) in [7, 11) is 0. The molecule has 11 heavy (non-hydrogen) atoms. The first-order chi connectivity index (χ1) is 5.22. The fourth-order valence-electron chi connectivity index (χ4n) is 0.801. The summed E-state index contributed by atoms with van der Waals surface area (Å²) in [5, 5.41) is 17.4. The van der Waals surface area contributed by atoms with Crippen LogP contribution in [-0.4, -0.2) is 28.7 Å². The predicted molar refractivity (Wildman–Crippen MR) is 42.2 cm³/mol. The number of unbranched alkanes of at least 4 members (excludes halogenated alkanes) is 1. The molecule has 0 aliphatic rings. The Morgan fingerprint density at radius 1 is 1.55 bits per heavy atom. The van der Waals surface area contributed by atoms with Gasteiger partial charge < -0.3 is 10.2 Å². The number of hydrogen-bond donors (Lipinski definition) is 2. The Balaban J connectivity index is 3.47. The van der Waals surface area contributed by atoms with E-state index in [-0.39, 0.29) is 18.8 Å². The normalized spacial score (nSPS) is 13.0. The summed E-state index contributed by atoms with van der Waals surface area (Å²) < 4.78 is 0. The summed E-state index contributed by atoms with van der Waals surface area (Å²) in [6.45, 7) is 1.87. The molecule has 0 saturated heterocycles. The van der Waals surface area contributed by atoms with E-state index >= 15 is 0 Å². The summed E-state index contributed by atoms with van der Waals surface area (Å²) in [6, 6.07) is 0. The number of Topliss-reactive ketones (excluding diaryl/α,β-unsaturated/α-hetero) is 1. The van der Waals surface area contributed by atoms with Gasteiger partial charge in [-0.25, -0.2) is 0 Å². The van der Waals surface area contributed by atoms with Crippen molar-refractivity contribution in [1.29, 1.82) is 0 Å². The van der Waals surface area contributed by atoms with Crippen molar-refractivity contribution in [2.24, 2.45) is 0 Å². The van der Waals surface area contributed by atoms with Gasteiger partial charge in [0.2, 0.25) is 0 Å². The fraction of sp³-hybridized carbons (Fsp3) is 0.875. The maximum atomic E-state index is 10.9. The Hall–Kier alpha value is -0.410. The lowest BCUT2D eigenvalue weighted by atomic mass is 10.1. The zero-order valence-electron chi connectivity index (χ0n) is 6.92. The predicted octanol–water partition coefficient (Wildman–Crippen LogP) is 0.489. The standard InChI is InChI=1S/C8H16O3/c1-2-3-4-7(10)8(11)5-6-9/h8-9,11H,2-6H2,1H3. The minimum atomic E-state index is -0.952. The van der Waals surface area contributed by atoms with Crippen molar-refractivity contribution < 1.29 is 15.0 Å². The quantitative estimate of drug-likeness (QED) is 0.594. The summed E-state index contributed by atoms with van der Waals surface area (Å²) in [5.74, 6) is -0.152. The van der Waals surface area contributed by atoms with E-state index in [0.717, 1.165) is 12.8 Å². The minimum Gasteiger partial charge on any atom is -0.396 e. The van der Waals surface area contributed by atoms with Gasteiger partial charge in [-0.05, 0) is 6.42 Å². The highest BCUT2D eigenvalue weighted by atomic mass is 16.3. The number of aliphatic hydroxyl groups excluding tert-OH is 2. The molecule has 3 nitrogen and oxygen atoms in total. The van der Waals surface area contributed by atoms with Gasteiger partial charge >= 0.3 is 0 Å². The monoisotopic (exact) mass is 160 g/mol. The number of carbonyl (C=O) groups excluding carboxylic acids is 1. The van der Waals surface area contributed by atoms with Crippen molar-refractivity contribution in [2.75, 3.05) is 6.61 Å². The van der Waals surface area contributed by atoms with Crippen molar-refractivity contribution in [2.45, 2.75) is 38.7 Å². The molecule has 0 radical (unpaired) electrons. The van der Waals surface area contributed by atoms with Crippen molar-refractivity contribution in [1.82, 2.24) is 0 Å². The largest absolute Gasteiger partial charge is 0.396 e.